The highest BCUT2D eigenvalue weighted by Gasteiger charge is 2.14. The van der Waals surface area contributed by atoms with Gasteiger partial charge in [0.25, 0.3) is 5.91 Å². The molecule has 0 unspecified atom stereocenters. The molecule has 0 bridgehead atoms. The summed E-state index contributed by atoms with van der Waals surface area (Å²) in [6.07, 6.45) is 0. The quantitative estimate of drug-likeness (QED) is 0.542. The monoisotopic (exact) mass is 282 g/mol. The molecule has 5 N–H and O–H groups in total. The number of phenols is 1. The number of nitrogens with two attached hydrogens (primary N) is 1. The first-order valence-electron chi connectivity index (χ1n) is 6.39. The van der Waals surface area contributed by atoms with Crippen LogP contribution in [0.25, 0.3) is 10.9 Å². The van der Waals surface area contributed by atoms with Crippen molar-refractivity contribution in [3.8, 4) is 5.75 Å². The van der Waals surface area contributed by atoms with Crippen LogP contribution >= 0.6 is 0 Å². The Balaban J connectivity index is 1.93. The Morgan fingerprint density at radius 2 is 2.10 bits per heavy atom. The highest BCUT2D eigenvalue weighted by atomic mass is 16.3. The Bertz CT molecular complexity index is 839. The van der Waals surface area contributed by atoms with Gasteiger partial charge >= 0.3 is 0 Å². The topological polar surface area (TPSA) is 104 Å². The minimum Gasteiger partial charge on any atom is -0.508 e. The number of H-pyrrole nitrogens is 1. The van der Waals surface area contributed by atoms with E-state index >= 15 is 0 Å². The van der Waals surface area contributed by atoms with Crippen molar-refractivity contribution in [1.82, 2.24) is 10.2 Å². The van der Waals surface area contributed by atoms with Crippen molar-refractivity contribution in [3.63, 3.8) is 0 Å². The molecule has 2 aromatic carbocycles. The molecule has 21 heavy (non-hydrogen) atoms. The summed E-state index contributed by atoms with van der Waals surface area (Å²) in [4.78, 5) is 12.3. The van der Waals surface area contributed by atoms with Crippen LogP contribution in [0.1, 0.15) is 16.1 Å². The molecule has 0 aliphatic rings. The number of carbonyl (C=O) groups is 1. The fourth-order valence-electron chi connectivity index (χ4n) is 2.08. The van der Waals surface area contributed by atoms with E-state index in [9.17, 15) is 9.90 Å². The summed E-state index contributed by atoms with van der Waals surface area (Å²) in [5.74, 6) is -0.237. The van der Waals surface area contributed by atoms with E-state index in [1.165, 1.54) is 6.07 Å². The summed E-state index contributed by atoms with van der Waals surface area (Å²) in [7, 11) is 0. The van der Waals surface area contributed by atoms with E-state index in [0.29, 0.717) is 16.8 Å². The van der Waals surface area contributed by atoms with Crippen molar-refractivity contribution in [2.75, 3.05) is 11.1 Å². The van der Waals surface area contributed by atoms with Gasteiger partial charge in [-0.2, -0.15) is 5.10 Å². The lowest BCUT2D eigenvalue weighted by molar-refractivity contribution is 0.102. The molecule has 1 amide bonds. The molecule has 0 saturated carbocycles. The third-order valence-electron chi connectivity index (χ3n) is 3.27. The summed E-state index contributed by atoms with van der Waals surface area (Å²) < 4.78 is 0. The largest absolute Gasteiger partial charge is 0.508 e. The number of nitrogens with one attached hydrogen (secondary N) is 2. The fourth-order valence-corrected chi connectivity index (χ4v) is 2.08. The first-order chi connectivity index (χ1) is 10.0. The van der Waals surface area contributed by atoms with Crippen molar-refractivity contribution in [1.29, 1.82) is 0 Å². The summed E-state index contributed by atoms with van der Waals surface area (Å²) in [5, 5.41) is 19.8. The molecule has 1 aromatic heterocycles. The number of benzene rings is 2. The first-order valence-corrected chi connectivity index (χ1v) is 6.39. The lowest BCUT2D eigenvalue weighted by Gasteiger charge is -2.05. The minimum absolute atomic E-state index is 0.129. The van der Waals surface area contributed by atoms with E-state index < -0.39 is 0 Å². The Morgan fingerprint density at radius 3 is 2.86 bits per heavy atom. The maximum atomic E-state index is 12.3. The molecular formula is C15H14N4O2. The molecule has 106 valence electrons. The minimum atomic E-state index is -0.366. The molecule has 0 spiro atoms. The number of phenolic OH excluding ortho intramolecular Hbond substituents is 1. The van der Waals surface area contributed by atoms with Crippen LogP contribution in [-0.4, -0.2) is 21.2 Å². The lowest BCUT2D eigenvalue weighted by Crippen LogP contribution is -2.12. The van der Waals surface area contributed by atoms with Crippen molar-refractivity contribution in [3.05, 3.63) is 47.7 Å². The van der Waals surface area contributed by atoms with Crippen LogP contribution in [0, 0.1) is 6.92 Å². The van der Waals surface area contributed by atoms with Crippen LogP contribution in [0.2, 0.25) is 0 Å². The zero-order chi connectivity index (χ0) is 15.0. The summed E-state index contributed by atoms with van der Waals surface area (Å²) in [6, 6.07) is 10.1. The number of aryl methyl sites for hydroxylation is 1. The van der Waals surface area contributed by atoms with Gasteiger partial charge in [0.1, 0.15) is 5.75 Å². The molecule has 0 radical (unpaired) electrons. The number of carbonyl (C=O) groups excluding carboxylic acids is 1. The number of hydrogen-bond acceptors (Lipinski definition) is 4. The Morgan fingerprint density at radius 1 is 1.29 bits per heavy atom. The number of aromatic nitrogens is 2. The SMILES string of the molecule is Cc1ccc(NC(=O)c2n[nH]c3ccc(N)cc23)cc1O. The number of aromatic hydroxyl groups is 1. The molecule has 6 nitrogen and oxygen atoms in total. The van der Waals surface area contributed by atoms with E-state index in [0.717, 1.165) is 11.1 Å². The number of fused-ring (bicyclic) bond motifs is 1. The Kier molecular flexibility index (Phi) is 2.98. The number of nitrogen functional groups attached to an aromatic ring is 1. The van der Waals surface area contributed by atoms with E-state index in [2.05, 4.69) is 15.5 Å². The van der Waals surface area contributed by atoms with E-state index in [1.54, 1.807) is 37.3 Å². The number of aromatic amines is 1. The second-order valence-corrected chi connectivity index (χ2v) is 4.83. The maximum Gasteiger partial charge on any atom is 0.276 e. The standard InChI is InChI=1S/C15H14N4O2/c1-8-2-4-10(7-13(8)20)17-15(21)14-11-6-9(16)3-5-12(11)18-19-14/h2-7,20H,16H2,1H3,(H,17,21)(H,18,19). The summed E-state index contributed by atoms with van der Waals surface area (Å²) >= 11 is 0. The number of anilines is 2. The normalized spacial score (nSPS) is 10.7. The van der Waals surface area contributed by atoms with Gasteiger partial charge in [0.05, 0.1) is 5.52 Å². The smallest absolute Gasteiger partial charge is 0.276 e. The number of amides is 1. The van der Waals surface area contributed by atoms with E-state index in [4.69, 9.17) is 5.73 Å². The number of rotatable bonds is 2. The van der Waals surface area contributed by atoms with Gasteiger partial charge in [0, 0.05) is 22.8 Å². The molecular weight excluding hydrogens is 268 g/mol. The van der Waals surface area contributed by atoms with Gasteiger partial charge in [-0.25, -0.2) is 0 Å². The maximum absolute atomic E-state index is 12.3. The molecule has 0 aliphatic heterocycles. The third-order valence-corrected chi connectivity index (χ3v) is 3.27. The van der Waals surface area contributed by atoms with Gasteiger partial charge in [-0.05, 0) is 36.8 Å². The summed E-state index contributed by atoms with van der Waals surface area (Å²) in [5.41, 5.74) is 8.54. The molecule has 0 saturated heterocycles. The van der Waals surface area contributed by atoms with Gasteiger partial charge in [-0.1, -0.05) is 6.07 Å². The Labute approximate surface area is 120 Å². The zero-order valence-corrected chi connectivity index (χ0v) is 11.3. The zero-order valence-electron chi connectivity index (χ0n) is 11.3. The molecule has 0 aliphatic carbocycles. The first kappa shape index (κ1) is 13.0. The van der Waals surface area contributed by atoms with Gasteiger partial charge in [-0.3, -0.25) is 9.89 Å². The molecule has 1 heterocycles. The molecule has 6 heteroatoms. The van der Waals surface area contributed by atoms with Crippen LogP contribution in [0.15, 0.2) is 36.4 Å². The van der Waals surface area contributed by atoms with Crippen molar-refractivity contribution >= 4 is 28.2 Å². The van der Waals surface area contributed by atoms with Crippen molar-refractivity contribution < 1.29 is 9.90 Å². The second-order valence-electron chi connectivity index (χ2n) is 4.83. The molecule has 0 fully saturated rings. The van der Waals surface area contributed by atoms with Crippen LogP contribution in [0.4, 0.5) is 11.4 Å². The molecule has 3 rings (SSSR count). The van der Waals surface area contributed by atoms with Gasteiger partial charge in [-0.15, -0.1) is 0 Å². The highest BCUT2D eigenvalue weighted by Crippen LogP contribution is 2.23. The van der Waals surface area contributed by atoms with Gasteiger partial charge < -0.3 is 16.2 Å². The predicted octanol–water partition coefficient (Wildman–Crippen LogP) is 2.41. The average molecular weight is 282 g/mol. The van der Waals surface area contributed by atoms with Crippen LogP contribution < -0.4 is 11.1 Å². The van der Waals surface area contributed by atoms with E-state index in [1.807, 2.05) is 0 Å². The molecule has 0 atom stereocenters. The van der Waals surface area contributed by atoms with Crippen LogP contribution in [-0.2, 0) is 0 Å². The van der Waals surface area contributed by atoms with Gasteiger partial charge in [0.15, 0.2) is 5.69 Å². The Hall–Kier alpha value is -3.02. The molecule has 3 aromatic rings. The fraction of sp³-hybridized carbons (Fsp3) is 0.0667. The second kappa shape index (κ2) is 4.82. The van der Waals surface area contributed by atoms with Crippen molar-refractivity contribution in [2.45, 2.75) is 6.92 Å². The summed E-state index contributed by atoms with van der Waals surface area (Å²) in [6.45, 7) is 1.78. The average Bonchev–Trinajstić information content (AvgIpc) is 2.86. The van der Waals surface area contributed by atoms with Crippen LogP contribution in [0.5, 0.6) is 5.75 Å². The predicted molar refractivity (Wildman–Crippen MR) is 81.3 cm³/mol. The number of hydrogen-bond donors (Lipinski definition) is 4. The van der Waals surface area contributed by atoms with Crippen LogP contribution in [0.3, 0.4) is 0 Å². The van der Waals surface area contributed by atoms with Crippen molar-refractivity contribution in [2.24, 2.45) is 0 Å². The number of nitrogens with zero attached hydrogens (tertiary/aromatic N) is 1. The van der Waals surface area contributed by atoms with Gasteiger partial charge in [0.2, 0.25) is 0 Å². The lowest BCUT2D eigenvalue weighted by atomic mass is 10.1. The third kappa shape index (κ3) is 2.38. The highest BCUT2D eigenvalue weighted by molar-refractivity contribution is 6.11. The van der Waals surface area contributed by atoms with E-state index in [-0.39, 0.29) is 17.4 Å².